The first-order chi connectivity index (χ1) is 28.3. The van der Waals surface area contributed by atoms with Crippen molar-refractivity contribution >= 4 is 23.9 Å². The van der Waals surface area contributed by atoms with E-state index in [4.69, 9.17) is 28.4 Å². The summed E-state index contributed by atoms with van der Waals surface area (Å²) in [4.78, 5) is 51.3. The van der Waals surface area contributed by atoms with E-state index in [-0.39, 0.29) is 33.8 Å². The molecule has 10 nitrogen and oxygen atoms in total. The van der Waals surface area contributed by atoms with E-state index in [0.717, 1.165) is 25.7 Å². The average molecular weight is 787 g/mol. The first-order valence-electron chi connectivity index (χ1n) is 20.0. The molecule has 0 N–H and O–H groups in total. The first-order valence-corrected chi connectivity index (χ1v) is 20.0. The quantitative estimate of drug-likeness (QED) is 0.0380. The molecule has 0 heterocycles. The van der Waals surface area contributed by atoms with Crippen LogP contribution in [0, 0.1) is 0 Å². The maximum Gasteiger partial charge on any atom is 0.343 e. The van der Waals surface area contributed by atoms with Crippen LogP contribution in [0.1, 0.15) is 119 Å². The third-order valence-electron chi connectivity index (χ3n) is 9.04. The highest BCUT2D eigenvalue weighted by Crippen LogP contribution is 2.24. The Labute approximate surface area is 340 Å². The van der Waals surface area contributed by atoms with E-state index in [1.807, 2.05) is 0 Å². The highest BCUT2D eigenvalue weighted by molar-refractivity contribution is 5.96. The predicted molar refractivity (Wildman–Crippen MR) is 221 cm³/mol. The smallest absolute Gasteiger partial charge is 0.343 e. The molecule has 0 saturated carbocycles. The van der Waals surface area contributed by atoms with Crippen LogP contribution in [0.2, 0.25) is 0 Å². The van der Waals surface area contributed by atoms with Crippen molar-refractivity contribution in [2.24, 2.45) is 0 Å². The van der Waals surface area contributed by atoms with Crippen molar-refractivity contribution in [3.63, 3.8) is 0 Å². The molecule has 10 heteroatoms. The van der Waals surface area contributed by atoms with Gasteiger partial charge in [-0.1, -0.05) is 71.3 Å². The lowest BCUT2D eigenvalue weighted by molar-refractivity contribution is 0.0714. The van der Waals surface area contributed by atoms with Gasteiger partial charge in [0.1, 0.15) is 34.5 Å². The summed E-state index contributed by atoms with van der Waals surface area (Å²) in [5, 5.41) is 0. The van der Waals surface area contributed by atoms with Crippen LogP contribution < -0.4 is 28.4 Å². The molecule has 5 aromatic carbocycles. The SMILES string of the molecule is CCCCCCCOc1ccc(OC(=O)c2ccc(C(=O)Oc3cccc(OC(=O)c4ccc(C(=O)Oc5ccc(OCCCCCCC)cc5)cc4)c3)cc2)cc1. The molecular weight excluding hydrogens is 737 g/mol. The zero-order chi connectivity index (χ0) is 41.0. The summed E-state index contributed by atoms with van der Waals surface area (Å²) in [5.74, 6) is -0.0747. The van der Waals surface area contributed by atoms with Gasteiger partial charge in [-0.15, -0.1) is 0 Å². The van der Waals surface area contributed by atoms with Crippen molar-refractivity contribution in [2.75, 3.05) is 13.2 Å². The maximum absolute atomic E-state index is 12.9. The number of benzene rings is 5. The van der Waals surface area contributed by atoms with Gasteiger partial charge in [-0.2, -0.15) is 0 Å². The highest BCUT2D eigenvalue weighted by atomic mass is 16.6. The Kier molecular flexibility index (Phi) is 16.9. The van der Waals surface area contributed by atoms with Crippen LogP contribution in [0.4, 0.5) is 0 Å². The molecular formula is C48H50O10. The Morgan fingerprint density at radius 1 is 0.345 bits per heavy atom. The van der Waals surface area contributed by atoms with Crippen LogP contribution in [0.5, 0.6) is 34.5 Å². The molecule has 0 unspecified atom stereocenters. The number of carbonyl (C=O) groups excluding carboxylic acids is 4. The van der Waals surface area contributed by atoms with Gasteiger partial charge in [0.25, 0.3) is 0 Å². The number of rotatable bonds is 22. The van der Waals surface area contributed by atoms with E-state index in [9.17, 15) is 19.2 Å². The number of hydrogen-bond acceptors (Lipinski definition) is 10. The summed E-state index contributed by atoms with van der Waals surface area (Å²) >= 11 is 0. The minimum Gasteiger partial charge on any atom is -0.494 e. The number of hydrogen-bond donors (Lipinski definition) is 0. The molecule has 0 aromatic heterocycles. The normalized spacial score (nSPS) is 10.7. The zero-order valence-electron chi connectivity index (χ0n) is 33.1. The minimum atomic E-state index is -0.677. The molecule has 0 amide bonds. The second kappa shape index (κ2) is 23.0. The molecule has 0 aliphatic rings. The van der Waals surface area contributed by atoms with E-state index in [1.165, 1.54) is 93.1 Å². The van der Waals surface area contributed by atoms with Gasteiger partial charge in [-0.05, 0) is 122 Å². The molecule has 0 radical (unpaired) electrons. The Balaban J connectivity index is 1.05. The number of carbonyl (C=O) groups is 4. The topological polar surface area (TPSA) is 124 Å². The Morgan fingerprint density at radius 2 is 0.638 bits per heavy atom. The van der Waals surface area contributed by atoms with Gasteiger partial charge >= 0.3 is 23.9 Å². The van der Waals surface area contributed by atoms with Gasteiger partial charge in [0, 0.05) is 6.07 Å². The molecule has 5 rings (SSSR count). The van der Waals surface area contributed by atoms with Crippen LogP contribution in [0.3, 0.4) is 0 Å². The Morgan fingerprint density at radius 3 is 0.966 bits per heavy atom. The van der Waals surface area contributed by atoms with Crippen molar-refractivity contribution in [1.29, 1.82) is 0 Å². The predicted octanol–water partition coefficient (Wildman–Crippen LogP) is 11.3. The van der Waals surface area contributed by atoms with E-state index in [2.05, 4.69) is 13.8 Å². The second-order valence-corrected chi connectivity index (χ2v) is 13.7. The third kappa shape index (κ3) is 14.0. The fourth-order valence-electron chi connectivity index (χ4n) is 5.75. The van der Waals surface area contributed by atoms with E-state index in [0.29, 0.717) is 36.2 Å². The summed E-state index contributed by atoms with van der Waals surface area (Å²) in [7, 11) is 0. The van der Waals surface area contributed by atoms with Crippen LogP contribution in [-0.4, -0.2) is 37.1 Å². The lowest BCUT2D eigenvalue weighted by Gasteiger charge is -2.09. The lowest BCUT2D eigenvalue weighted by atomic mass is 10.1. The van der Waals surface area contributed by atoms with Crippen molar-refractivity contribution in [3.05, 3.63) is 144 Å². The first kappa shape index (κ1) is 42.7. The van der Waals surface area contributed by atoms with Gasteiger partial charge < -0.3 is 28.4 Å². The summed E-state index contributed by atoms with van der Waals surface area (Å²) < 4.78 is 33.5. The van der Waals surface area contributed by atoms with Crippen LogP contribution in [0.15, 0.2) is 121 Å². The molecule has 302 valence electrons. The summed E-state index contributed by atoms with van der Waals surface area (Å²) in [5.41, 5.74) is 0.899. The van der Waals surface area contributed by atoms with E-state index in [1.54, 1.807) is 66.7 Å². The van der Waals surface area contributed by atoms with Crippen LogP contribution in [-0.2, 0) is 0 Å². The monoisotopic (exact) mass is 786 g/mol. The van der Waals surface area contributed by atoms with Crippen LogP contribution in [0.25, 0.3) is 0 Å². The third-order valence-corrected chi connectivity index (χ3v) is 9.04. The maximum atomic E-state index is 12.9. The molecule has 0 aliphatic carbocycles. The Bertz CT molecular complexity index is 1910. The number of esters is 4. The standard InChI is InChI=1S/C48H50O10/c1-3-5-7-9-11-32-53-39-24-28-41(29-25-39)55-45(49)35-16-20-37(21-17-35)47(51)57-43-14-13-15-44(34-43)58-48(52)38-22-18-36(19-23-38)46(50)56-42-30-26-40(27-31-42)54-33-12-10-8-6-4-2/h13-31,34H,3-12,32-33H2,1-2H3. The summed E-state index contributed by atoms with van der Waals surface area (Å²) in [6, 6.07) is 31.5. The molecule has 58 heavy (non-hydrogen) atoms. The van der Waals surface area contributed by atoms with Gasteiger partial charge in [0.2, 0.25) is 0 Å². The fourth-order valence-corrected chi connectivity index (χ4v) is 5.75. The van der Waals surface area contributed by atoms with E-state index >= 15 is 0 Å². The number of unbranched alkanes of at least 4 members (excludes halogenated alkanes) is 8. The minimum absolute atomic E-state index is 0.141. The lowest BCUT2D eigenvalue weighted by Crippen LogP contribution is -2.12. The van der Waals surface area contributed by atoms with Gasteiger partial charge in [0.15, 0.2) is 0 Å². The molecule has 0 atom stereocenters. The van der Waals surface area contributed by atoms with Gasteiger partial charge in [-0.3, -0.25) is 0 Å². The Hall–Kier alpha value is -6.42. The zero-order valence-corrected chi connectivity index (χ0v) is 33.1. The van der Waals surface area contributed by atoms with Crippen molar-refractivity contribution < 1.29 is 47.6 Å². The largest absolute Gasteiger partial charge is 0.494 e. The summed E-state index contributed by atoms with van der Waals surface area (Å²) in [6.45, 7) is 5.65. The van der Waals surface area contributed by atoms with Crippen molar-refractivity contribution in [1.82, 2.24) is 0 Å². The molecule has 5 aromatic rings. The molecule has 0 spiro atoms. The molecule has 0 fully saturated rings. The molecule has 0 saturated heterocycles. The number of ether oxygens (including phenoxy) is 6. The summed E-state index contributed by atoms with van der Waals surface area (Å²) in [6.07, 6.45) is 11.5. The fraction of sp³-hybridized carbons (Fsp3) is 0.292. The molecule has 0 bridgehead atoms. The van der Waals surface area contributed by atoms with Crippen LogP contribution >= 0.6 is 0 Å². The second-order valence-electron chi connectivity index (χ2n) is 13.7. The van der Waals surface area contributed by atoms with Crippen molar-refractivity contribution in [2.45, 2.75) is 78.1 Å². The van der Waals surface area contributed by atoms with Gasteiger partial charge in [0.05, 0.1) is 35.5 Å². The molecule has 0 aliphatic heterocycles. The van der Waals surface area contributed by atoms with E-state index < -0.39 is 23.9 Å². The van der Waals surface area contributed by atoms with Crippen molar-refractivity contribution in [3.8, 4) is 34.5 Å². The highest BCUT2D eigenvalue weighted by Gasteiger charge is 2.16. The average Bonchev–Trinajstić information content (AvgIpc) is 3.24. The van der Waals surface area contributed by atoms with Gasteiger partial charge in [-0.25, -0.2) is 19.2 Å².